The van der Waals surface area contributed by atoms with Gasteiger partial charge >= 0.3 is 0 Å². The maximum absolute atomic E-state index is 5.65. The van der Waals surface area contributed by atoms with Gasteiger partial charge in [0.05, 0.1) is 5.75 Å². The Labute approximate surface area is 110 Å². The van der Waals surface area contributed by atoms with Crippen molar-refractivity contribution in [1.82, 2.24) is 10.2 Å². The molecule has 0 aromatic carbocycles. The number of thioether (sulfide) groups is 1. The summed E-state index contributed by atoms with van der Waals surface area (Å²) >= 11 is 1.90. The lowest BCUT2D eigenvalue weighted by atomic mass is 9.97. The number of nitrogens with zero attached hydrogens (tertiary/aromatic N) is 2. The predicted molar refractivity (Wildman–Crippen MR) is 77.3 cm³/mol. The van der Waals surface area contributed by atoms with Crippen molar-refractivity contribution in [2.75, 3.05) is 5.75 Å². The minimum atomic E-state index is -0.908. The zero-order valence-corrected chi connectivity index (χ0v) is 13.6. The highest BCUT2D eigenvalue weighted by Crippen LogP contribution is 2.22. The zero-order valence-electron chi connectivity index (χ0n) is 11.8. The van der Waals surface area contributed by atoms with Crippen molar-refractivity contribution < 1.29 is 4.42 Å². The molecule has 0 atom stereocenters. The number of aromatic nitrogens is 2. The molecule has 0 fully saturated rings. The maximum atomic E-state index is 5.65. The molecule has 0 bridgehead atoms. The first-order valence-electron chi connectivity index (χ1n) is 6.09. The first kappa shape index (κ1) is 14.8. The predicted octanol–water partition coefficient (Wildman–Crippen LogP) is 3.94. The lowest BCUT2D eigenvalue weighted by Crippen LogP contribution is -2.19. The van der Waals surface area contributed by atoms with Gasteiger partial charge in [-0.05, 0) is 11.8 Å². The average Bonchev–Trinajstić information content (AvgIpc) is 2.58. The van der Waals surface area contributed by atoms with Gasteiger partial charge in [-0.2, -0.15) is 11.8 Å². The monoisotopic (exact) mass is 272 g/mol. The molecule has 0 aliphatic rings. The number of rotatable bonds is 5. The molecule has 0 saturated carbocycles. The van der Waals surface area contributed by atoms with Gasteiger partial charge in [-0.1, -0.05) is 40.4 Å². The van der Waals surface area contributed by atoms with Crippen LogP contribution in [0.1, 0.15) is 32.6 Å². The molecular formula is C12H24N2OSSi. The van der Waals surface area contributed by atoms with E-state index in [0.717, 1.165) is 17.5 Å². The van der Waals surface area contributed by atoms with Crippen LogP contribution in [-0.4, -0.2) is 24.0 Å². The van der Waals surface area contributed by atoms with Crippen LogP contribution in [0.25, 0.3) is 0 Å². The fourth-order valence-corrected chi connectivity index (χ4v) is 4.62. The number of hydrogen-bond acceptors (Lipinski definition) is 4. The van der Waals surface area contributed by atoms with Gasteiger partial charge in [-0.15, -0.1) is 10.2 Å². The third kappa shape index (κ3) is 5.72. The van der Waals surface area contributed by atoms with Crippen LogP contribution in [0.3, 0.4) is 0 Å². The van der Waals surface area contributed by atoms with Crippen molar-refractivity contribution in [2.45, 2.75) is 57.6 Å². The first-order valence-corrected chi connectivity index (χ1v) is 11.0. The van der Waals surface area contributed by atoms with Crippen LogP contribution < -0.4 is 0 Å². The second-order valence-corrected chi connectivity index (χ2v) is 13.3. The van der Waals surface area contributed by atoms with Gasteiger partial charge in [-0.25, -0.2) is 0 Å². The third-order valence-corrected chi connectivity index (χ3v) is 5.39. The van der Waals surface area contributed by atoms with Gasteiger partial charge in [0.1, 0.15) is 0 Å². The van der Waals surface area contributed by atoms with Crippen LogP contribution in [0, 0.1) is 0 Å². The summed E-state index contributed by atoms with van der Waals surface area (Å²) in [6.07, 6.45) is 0. The molecule has 1 heterocycles. The van der Waals surface area contributed by atoms with Gasteiger partial charge < -0.3 is 4.42 Å². The van der Waals surface area contributed by atoms with Crippen molar-refractivity contribution in [2.24, 2.45) is 0 Å². The van der Waals surface area contributed by atoms with Crippen molar-refractivity contribution in [3.63, 3.8) is 0 Å². The van der Waals surface area contributed by atoms with Crippen molar-refractivity contribution in [3.8, 4) is 0 Å². The Kier molecular flexibility index (Phi) is 4.83. The van der Waals surface area contributed by atoms with Crippen LogP contribution in [0.4, 0.5) is 0 Å². The molecule has 0 aliphatic heterocycles. The van der Waals surface area contributed by atoms with Crippen molar-refractivity contribution in [3.05, 3.63) is 11.8 Å². The molecule has 0 aliphatic carbocycles. The molecular weight excluding hydrogens is 248 g/mol. The van der Waals surface area contributed by atoms with E-state index in [0.29, 0.717) is 0 Å². The summed E-state index contributed by atoms with van der Waals surface area (Å²) in [6, 6.07) is 1.35. The summed E-state index contributed by atoms with van der Waals surface area (Å²) in [5.74, 6) is 3.53. The normalized spacial score (nSPS) is 13.1. The standard InChI is InChI=1S/C12H24N2OSSi/c1-12(2,3)11-14-13-10(15-11)9-16-7-8-17(4,5)6/h7-9H2,1-6H3. The van der Waals surface area contributed by atoms with E-state index in [4.69, 9.17) is 4.42 Å². The smallest absolute Gasteiger partial charge is 0.226 e. The average molecular weight is 272 g/mol. The van der Waals surface area contributed by atoms with E-state index in [-0.39, 0.29) is 5.41 Å². The summed E-state index contributed by atoms with van der Waals surface area (Å²) in [6.45, 7) is 13.5. The van der Waals surface area contributed by atoms with E-state index < -0.39 is 8.07 Å². The van der Waals surface area contributed by atoms with Gasteiger partial charge in [-0.3, -0.25) is 0 Å². The topological polar surface area (TPSA) is 38.9 Å². The molecule has 0 saturated heterocycles. The molecule has 0 unspecified atom stereocenters. The van der Waals surface area contributed by atoms with Gasteiger partial charge in [0, 0.05) is 13.5 Å². The minimum Gasteiger partial charge on any atom is -0.424 e. The Bertz CT molecular complexity index is 352. The lowest BCUT2D eigenvalue weighted by Gasteiger charge is -2.14. The molecule has 0 amide bonds. The quantitative estimate of drug-likeness (QED) is 0.601. The van der Waals surface area contributed by atoms with Gasteiger partial charge in [0.15, 0.2) is 0 Å². The Balaban J connectivity index is 2.36. The summed E-state index contributed by atoms with van der Waals surface area (Å²) in [5, 5.41) is 8.18. The Morgan fingerprint density at radius 1 is 1.18 bits per heavy atom. The molecule has 0 N–H and O–H groups in total. The van der Waals surface area contributed by atoms with Crippen molar-refractivity contribution in [1.29, 1.82) is 0 Å². The second-order valence-electron chi connectivity index (χ2n) is 6.61. The highest BCUT2D eigenvalue weighted by atomic mass is 32.2. The van der Waals surface area contributed by atoms with Gasteiger partial charge in [0.2, 0.25) is 11.8 Å². The van der Waals surface area contributed by atoms with Crippen LogP contribution in [0.2, 0.25) is 25.7 Å². The van der Waals surface area contributed by atoms with Crippen LogP contribution >= 0.6 is 11.8 Å². The minimum absolute atomic E-state index is 0.0474. The van der Waals surface area contributed by atoms with Crippen LogP contribution in [-0.2, 0) is 11.2 Å². The third-order valence-electron chi connectivity index (χ3n) is 2.33. The van der Waals surface area contributed by atoms with E-state index in [2.05, 4.69) is 50.6 Å². The van der Waals surface area contributed by atoms with Crippen molar-refractivity contribution >= 4 is 19.8 Å². The molecule has 1 aromatic rings. The molecule has 0 radical (unpaired) electrons. The molecule has 0 spiro atoms. The number of hydrogen-bond donors (Lipinski definition) is 0. The van der Waals surface area contributed by atoms with E-state index >= 15 is 0 Å². The van der Waals surface area contributed by atoms with Crippen LogP contribution in [0.5, 0.6) is 0 Å². The van der Waals surface area contributed by atoms with E-state index in [9.17, 15) is 0 Å². The highest BCUT2D eigenvalue weighted by molar-refractivity contribution is 7.98. The Morgan fingerprint density at radius 2 is 1.82 bits per heavy atom. The fraction of sp³-hybridized carbons (Fsp3) is 0.833. The maximum Gasteiger partial charge on any atom is 0.226 e. The SMILES string of the molecule is CC(C)(C)c1nnc(CSCC[Si](C)(C)C)o1. The Morgan fingerprint density at radius 3 is 2.29 bits per heavy atom. The Hall–Kier alpha value is -0.293. The molecule has 3 nitrogen and oxygen atoms in total. The lowest BCUT2D eigenvalue weighted by molar-refractivity contribution is 0.378. The highest BCUT2D eigenvalue weighted by Gasteiger charge is 2.21. The largest absolute Gasteiger partial charge is 0.424 e. The van der Waals surface area contributed by atoms with Crippen LogP contribution in [0.15, 0.2) is 4.42 Å². The molecule has 1 rings (SSSR count). The zero-order chi connectivity index (χ0) is 13.1. The molecule has 98 valence electrons. The molecule has 5 heteroatoms. The van der Waals surface area contributed by atoms with E-state index in [1.807, 2.05) is 11.8 Å². The summed E-state index contributed by atoms with van der Waals surface area (Å²) in [7, 11) is -0.908. The second kappa shape index (κ2) is 5.57. The molecule has 17 heavy (non-hydrogen) atoms. The van der Waals surface area contributed by atoms with E-state index in [1.165, 1.54) is 11.8 Å². The summed E-state index contributed by atoms with van der Waals surface area (Å²) in [5.41, 5.74) is -0.0474. The van der Waals surface area contributed by atoms with Gasteiger partial charge in [0.25, 0.3) is 0 Å². The fourth-order valence-electron chi connectivity index (χ4n) is 1.15. The summed E-state index contributed by atoms with van der Waals surface area (Å²) < 4.78 is 5.65. The molecule has 1 aromatic heterocycles. The first-order chi connectivity index (χ1) is 7.68. The van der Waals surface area contributed by atoms with E-state index in [1.54, 1.807) is 0 Å². The summed E-state index contributed by atoms with van der Waals surface area (Å²) in [4.78, 5) is 0.